The van der Waals surface area contributed by atoms with Crippen LogP contribution in [0, 0.1) is 0 Å². The summed E-state index contributed by atoms with van der Waals surface area (Å²) < 4.78 is 8.88. The summed E-state index contributed by atoms with van der Waals surface area (Å²) in [6.45, 7) is 0. The summed E-state index contributed by atoms with van der Waals surface area (Å²) in [6, 6.07) is 0. The fourth-order valence-electron chi connectivity index (χ4n) is 0. The van der Waals surface area contributed by atoms with Gasteiger partial charge in [0.1, 0.15) is 0 Å². The second kappa shape index (κ2) is 22.5. The molecule has 0 spiro atoms. The zero-order valence-corrected chi connectivity index (χ0v) is 8.49. The molecule has 0 saturated heterocycles. The van der Waals surface area contributed by atoms with E-state index >= 15 is 0 Å². The van der Waals surface area contributed by atoms with Gasteiger partial charge in [-0.25, -0.2) is 4.57 Å². The molecule has 0 bridgehead atoms. The molecule has 0 amide bonds. The monoisotopic (exact) mass is 217 g/mol. The number of hydrogen-bond acceptors (Lipinski definition) is 2. The molecule has 0 fully saturated rings. The van der Waals surface area contributed by atoms with Crippen LogP contribution in [0.4, 0.5) is 0 Å². The Hall–Kier alpha value is 1.01. The third kappa shape index (κ3) is 869. The molecule has 11 heavy (non-hydrogen) atoms. The molecule has 64 valence electrons. The quantitative estimate of drug-likeness (QED) is 0.271. The van der Waals surface area contributed by atoms with Crippen molar-refractivity contribution < 1.29 is 35.7 Å². The first-order valence-electron chi connectivity index (χ1n) is 0.783. The zero-order chi connectivity index (χ0) is 4.50. The molecule has 0 unspecified atom stereocenters. The van der Waals surface area contributed by atoms with Crippen molar-refractivity contribution in [1.29, 1.82) is 0 Å². The van der Waals surface area contributed by atoms with Crippen LogP contribution in [0.15, 0.2) is 0 Å². The van der Waals surface area contributed by atoms with E-state index in [9.17, 15) is 0 Å². The Kier molecular flexibility index (Phi) is 118. The molecule has 0 saturated carbocycles. The molecule has 0 radical (unpaired) electrons. The second-order valence-electron chi connectivity index (χ2n) is 0.513. The Morgan fingerprint density at radius 1 is 0.818 bits per heavy atom. The molecular formula is H6Al2NO7P. The van der Waals surface area contributed by atoms with Crippen molar-refractivity contribution in [3.05, 3.63) is 0 Å². The van der Waals surface area contributed by atoms with Crippen molar-refractivity contribution in [2.75, 3.05) is 0 Å². The van der Waals surface area contributed by atoms with Gasteiger partial charge in [0.05, 0.1) is 0 Å². The van der Waals surface area contributed by atoms with Gasteiger partial charge in [0, 0.05) is 0 Å². The van der Waals surface area contributed by atoms with E-state index in [0.717, 1.165) is 0 Å². The fourth-order valence-corrected chi connectivity index (χ4v) is 0. The number of phosphoric acid groups is 1. The first-order chi connectivity index (χ1) is 2.00. The Bertz CT molecular complexity index is 62.6. The zero-order valence-electron chi connectivity index (χ0n) is 5.28. The molecule has 0 atom stereocenters. The number of rotatable bonds is 0. The van der Waals surface area contributed by atoms with E-state index < -0.39 is 7.82 Å². The van der Waals surface area contributed by atoms with Crippen molar-refractivity contribution in [3.8, 4) is 0 Å². The van der Waals surface area contributed by atoms with Crippen LogP contribution in [0.25, 0.3) is 0 Å². The molecule has 0 aromatic carbocycles. The molecule has 8 nitrogen and oxygen atoms in total. The fraction of sp³-hybridized carbons (Fsp3) is 0. The van der Waals surface area contributed by atoms with Gasteiger partial charge in [-0.05, 0) is 0 Å². The standard InChI is InChI=1S/2Al.H3N.H3O4P.3O/c;;;1-5(2,3)4;;;/h;;1H3;(H3,1,2,3,4);;;/q2*+3;;;3*-2. The molecule has 0 aromatic heterocycles. The summed E-state index contributed by atoms with van der Waals surface area (Å²) in [4.78, 5) is 21.6. The first kappa shape index (κ1) is 58.0. The van der Waals surface area contributed by atoms with E-state index in [1.54, 1.807) is 0 Å². The van der Waals surface area contributed by atoms with Crippen LogP contribution in [-0.4, -0.2) is 49.4 Å². The van der Waals surface area contributed by atoms with Crippen LogP contribution in [-0.2, 0) is 21.0 Å². The Labute approximate surface area is 84.6 Å². The Morgan fingerprint density at radius 3 is 0.818 bits per heavy atom. The molecule has 0 aliphatic heterocycles. The smallest absolute Gasteiger partial charge is 2.00 e. The SMILES string of the molecule is N.O=P(O)(O)O.[Al+3].[Al+3].[O-2].[O-2].[O-2]. The van der Waals surface area contributed by atoms with Gasteiger partial charge in [0.15, 0.2) is 0 Å². The molecule has 0 aliphatic rings. The van der Waals surface area contributed by atoms with Gasteiger partial charge in [0.2, 0.25) is 0 Å². The summed E-state index contributed by atoms with van der Waals surface area (Å²) in [7, 11) is -4.64. The van der Waals surface area contributed by atoms with Crippen LogP contribution < -0.4 is 6.15 Å². The summed E-state index contributed by atoms with van der Waals surface area (Å²) in [5, 5.41) is 0. The summed E-state index contributed by atoms with van der Waals surface area (Å²) >= 11 is 0. The largest absolute Gasteiger partial charge is 3.00 e. The van der Waals surface area contributed by atoms with E-state index in [4.69, 9.17) is 19.2 Å². The van der Waals surface area contributed by atoms with Crippen molar-refractivity contribution in [3.63, 3.8) is 0 Å². The van der Waals surface area contributed by atoms with Crippen molar-refractivity contribution in [2.24, 2.45) is 0 Å². The maximum Gasteiger partial charge on any atom is 3.00 e. The van der Waals surface area contributed by atoms with Gasteiger partial charge in [0.25, 0.3) is 0 Å². The van der Waals surface area contributed by atoms with Gasteiger partial charge >= 0.3 is 42.5 Å². The van der Waals surface area contributed by atoms with E-state index in [1.165, 1.54) is 0 Å². The first-order valence-corrected chi connectivity index (χ1v) is 2.35. The molecule has 11 heteroatoms. The summed E-state index contributed by atoms with van der Waals surface area (Å²) in [5.41, 5.74) is 0. The van der Waals surface area contributed by atoms with Gasteiger partial charge in [-0.3, -0.25) is 0 Å². The summed E-state index contributed by atoms with van der Waals surface area (Å²) in [6.07, 6.45) is 0. The van der Waals surface area contributed by atoms with Gasteiger partial charge in [-0.15, -0.1) is 0 Å². The van der Waals surface area contributed by atoms with Crippen LogP contribution in [0.1, 0.15) is 0 Å². The average Bonchev–Trinajstić information content (AvgIpc) is 0.722. The van der Waals surface area contributed by atoms with Crippen LogP contribution >= 0.6 is 7.82 Å². The minimum absolute atomic E-state index is 0. The third-order valence-corrected chi connectivity index (χ3v) is 0. The van der Waals surface area contributed by atoms with Crippen molar-refractivity contribution in [1.82, 2.24) is 6.15 Å². The molecule has 6 N–H and O–H groups in total. The molecule has 0 aromatic rings. The van der Waals surface area contributed by atoms with Gasteiger partial charge in [-0.2, -0.15) is 0 Å². The average molecular weight is 217 g/mol. The Balaban J connectivity index is -0.00000000533. The topological polar surface area (TPSA) is 198 Å². The number of hydrogen-bond donors (Lipinski definition) is 4. The molecule has 0 heterocycles. The maximum absolute atomic E-state index is 8.88. The van der Waals surface area contributed by atoms with E-state index in [-0.39, 0.29) is 57.3 Å². The van der Waals surface area contributed by atoms with Gasteiger partial charge in [-0.1, -0.05) is 0 Å². The van der Waals surface area contributed by atoms with Crippen molar-refractivity contribution in [2.45, 2.75) is 0 Å². The normalized spacial score (nSPS) is 5.36. The minimum Gasteiger partial charge on any atom is -2.00 e. The molecule has 0 rings (SSSR count). The predicted octanol–water partition coefficient (Wildman–Crippen LogP) is -1.88. The third-order valence-electron chi connectivity index (χ3n) is 0. The summed E-state index contributed by atoms with van der Waals surface area (Å²) in [5.74, 6) is 0. The molecular weight excluding hydrogens is 211 g/mol. The Morgan fingerprint density at radius 2 is 0.818 bits per heavy atom. The van der Waals surface area contributed by atoms with E-state index in [0.29, 0.717) is 0 Å². The minimum atomic E-state index is -4.64. The van der Waals surface area contributed by atoms with Crippen molar-refractivity contribution >= 4 is 42.5 Å². The van der Waals surface area contributed by atoms with Gasteiger partial charge < -0.3 is 37.3 Å². The second-order valence-corrected chi connectivity index (χ2v) is 1.54. The predicted molar refractivity (Wildman–Crippen MR) is 32.9 cm³/mol. The van der Waals surface area contributed by atoms with Crippen LogP contribution in [0.2, 0.25) is 0 Å². The van der Waals surface area contributed by atoms with E-state index in [2.05, 4.69) is 0 Å². The van der Waals surface area contributed by atoms with Crippen LogP contribution in [0.3, 0.4) is 0 Å². The maximum atomic E-state index is 8.88. The molecule has 0 aliphatic carbocycles. The van der Waals surface area contributed by atoms with Crippen LogP contribution in [0.5, 0.6) is 0 Å². The van der Waals surface area contributed by atoms with E-state index in [1.807, 2.05) is 0 Å².